The van der Waals surface area contributed by atoms with Gasteiger partial charge >= 0.3 is 0 Å². The van der Waals surface area contributed by atoms with E-state index in [1.165, 1.54) is 11.8 Å². The first-order chi connectivity index (χ1) is 9.57. The molecule has 2 heterocycles. The lowest BCUT2D eigenvalue weighted by Crippen LogP contribution is -2.16. The van der Waals surface area contributed by atoms with Crippen LogP contribution >= 0.6 is 0 Å². The fraction of sp³-hybridized carbons (Fsp3) is 0.214. The normalized spacial score (nSPS) is 14.4. The van der Waals surface area contributed by atoms with Gasteiger partial charge in [0, 0.05) is 29.6 Å². The maximum Gasteiger partial charge on any atom is 0.256 e. The molecule has 6 heteroatoms. The smallest absolute Gasteiger partial charge is 0.256 e. The van der Waals surface area contributed by atoms with Gasteiger partial charge in [-0.2, -0.15) is 0 Å². The van der Waals surface area contributed by atoms with E-state index in [0.717, 1.165) is 30.6 Å². The van der Waals surface area contributed by atoms with E-state index >= 15 is 0 Å². The molecule has 1 aliphatic heterocycles. The largest absolute Gasteiger partial charge is 0.384 e. The molecule has 0 aliphatic carbocycles. The number of pyridine rings is 1. The highest BCUT2D eigenvalue weighted by atomic mass is 32.2. The minimum absolute atomic E-state index is 0.0826. The van der Waals surface area contributed by atoms with E-state index in [1.807, 2.05) is 12.1 Å². The van der Waals surface area contributed by atoms with Crippen molar-refractivity contribution < 1.29 is 8.42 Å². The van der Waals surface area contributed by atoms with Crippen molar-refractivity contribution in [2.45, 2.75) is 17.9 Å². The molecule has 0 fully saturated rings. The molecule has 2 aromatic rings. The van der Waals surface area contributed by atoms with Crippen LogP contribution in [0.1, 0.15) is 12.0 Å². The number of nitrogens with zero attached hydrogens (tertiary/aromatic N) is 1. The number of primary sulfonamides is 1. The highest BCUT2D eigenvalue weighted by Gasteiger charge is 2.20. The second-order valence-electron chi connectivity index (χ2n) is 4.77. The van der Waals surface area contributed by atoms with Gasteiger partial charge in [0.2, 0.25) is 0 Å². The highest BCUT2D eigenvalue weighted by Crippen LogP contribution is 2.35. The molecule has 3 rings (SSSR count). The predicted octanol–water partition coefficient (Wildman–Crippen LogP) is 1.75. The molecule has 0 saturated carbocycles. The Morgan fingerprint density at radius 3 is 2.75 bits per heavy atom. The molecular formula is C14H15N3O2S. The number of fused-ring (bicyclic) bond motifs is 1. The lowest BCUT2D eigenvalue weighted by molar-refractivity contribution is 0.594. The van der Waals surface area contributed by atoms with E-state index in [0.29, 0.717) is 5.56 Å². The van der Waals surface area contributed by atoms with E-state index in [9.17, 15) is 8.42 Å². The lowest BCUT2D eigenvalue weighted by atomic mass is 9.96. The number of nitrogens with two attached hydrogens (primary N) is 1. The van der Waals surface area contributed by atoms with Crippen LogP contribution in [0.5, 0.6) is 0 Å². The predicted molar refractivity (Wildman–Crippen MR) is 77.9 cm³/mol. The molecule has 0 atom stereocenters. The SMILES string of the molecule is NS(=O)(=O)c1ncccc1-c1cccc2c1NCCC2. The molecule has 5 nitrogen and oxygen atoms in total. The van der Waals surface area contributed by atoms with Gasteiger partial charge in [0.25, 0.3) is 10.0 Å². The Bertz CT molecular complexity index is 757. The maximum atomic E-state index is 11.7. The first kappa shape index (κ1) is 13.1. The van der Waals surface area contributed by atoms with Crippen molar-refractivity contribution >= 4 is 15.7 Å². The van der Waals surface area contributed by atoms with Gasteiger partial charge < -0.3 is 5.32 Å². The van der Waals surface area contributed by atoms with Crippen LogP contribution in [0.3, 0.4) is 0 Å². The van der Waals surface area contributed by atoms with E-state index in [-0.39, 0.29) is 5.03 Å². The zero-order valence-electron chi connectivity index (χ0n) is 10.8. The van der Waals surface area contributed by atoms with E-state index < -0.39 is 10.0 Å². The molecule has 1 aromatic heterocycles. The third-order valence-electron chi connectivity index (χ3n) is 3.41. The van der Waals surface area contributed by atoms with E-state index in [4.69, 9.17) is 5.14 Å². The zero-order valence-corrected chi connectivity index (χ0v) is 11.7. The molecule has 0 bridgehead atoms. The number of nitrogens with one attached hydrogen (secondary N) is 1. The fourth-order valence-corrected chi connectivity index (χ4v) is 3.25. The van der Waals surface area contributed by atoms with Crippen LogP contribution in [0, 0.1) is 0 Å². The van der Waals surface area contributed by atoms with Gasteiger partial charge in [-0.15, -0.1) is 0 Å². The zero-order chi connectivity index (χ0) is 14.2. The second kappa shape index (κ2) is 4.88. The number of hydrogen-bond donors (Lipinski definition) is 2. The van der Waals surface area contributed by atoms with Gasteiger partial charge in [-0.25, -0.2) is 18.5 Å². The summed E-state index contributed by atoms with van der Waals surface area (Å²) in [6.45, 7) is 0.884. The summed E-state index contributed by atoms with van der Waals surface area (Å²) in [7, 11) is -3.85. The molecule has 3 N–H and O–H groups in total. The van der Waals surface area contributed by atoms with Crippen LogP contribution in [0.25, 0.3) is 11.1 Å². The summed E-state index contributed by atoms with van der Waals surface area (Å²) < 4.78 is 23.4. The highest BCUT2D eigenvalue weighted by molar-refractivity contribution is 7.89. The quantitative estimate of drug-likeness (QED) is 0.882. The minimum Gasteiger partial charge on any atom is -0.384 e. The van der Waals surface area contributed by atoms with Gasteiger partial charge in [0.15, 0.2) is 5.03 Å². The van der Waals surface area contributed by atoms with Crippen LogP contribution in [-0.2, 0) is 16.4 Å². The Morgan fingerprint density at radius 2 is 1.95 bits per heavy atom. The third kappa shape index (κ3) is 2.28. The monoisotopic (exact) mass is 289 g/mol. The molecule has 20 heavy (non-hydrogen) atoms. The Kier molecular flexibility index (Phi) is 3.19. The van der Waals surface area contributed by atoms with Crippen LogP contribution < -0.4 is 10.5 Å². The van der Waals surface area contributed by atoms with Crippen LogP contribution in [0.15, 0.2) is 41.6 Å². The molecular weight excluding hydrogens is 274 g/mol. The van der Waals surface area contributed by atoms with Gasteiger partial charge in [0.1, 0.15) is 0 Å². The topological polar surface area (TPSA) is 85.1 Å². The summed E-state index contributed by atoms with van der Waals surface area (Å²) in [5, 5.41) is 8.52. The van der Waals surface area contributed by atoms with Gasteiger partial charge in [-0.3, -0.25) is 0 Å². The Morgan fingerprint density at radius 1 is 1.15 bits per heavy atom. The van der Waals surface area contributed by atoms with E-state index in [2.05, 4.69) is 16.4 Å². The van der Waals surface area contributed by atoms with Crippen LogP contribution in [0.4, 0.5) is 5.69 Å². The van der Waals surface area contributed by atoms with Crippen molar-refractivity contribution in [2.75, 3.05) is 11.9 Å². The molecule has 104 valence electrons. The first-order valence-electron chi connectivity index (χ1n) is 6.41. The van der Waals surface area contributed by atoms with Gasteiger partial charge in [-0.1, -0.05) is 18.2 Å². The summed E-state index contributed by atoms with van der Waals surface area (Å²) in [4.78, 5) is 3.93. The van der Waals surface area contributed by atoms with Gasteiger partial charge in [-0.05, 0) is 30.5 Å². The van der Waals surface area contributed by atoms with Crippen molar-refractivity contribution in [3.63, 3.8) is 0 Å². The molecule has 0 amide bonds. The summed E-state index contributed by atoms with van der Waals surface area (Å²) in [6.07, 6.45) is 3.50. The molecule has 0 saturated heterocycles. The number of aryl methyl sites for hydroxylation is 1. The molecule has 0 radical (unpaired) electrons. The number of anilines is 1. The number of hydrogen-bond acceptors (Lipinski definition) is 4. The standard InChI is InChI=1S/C14H15N3O2S/c15-20(18,19)14-12(7-3-9-17-14)11-6-1-4-10-5-2-8-16-13(10)11/h1,3-4,6-7,9,16H,2,5,8H2,(H2,15,18,19). The number of para-hydroxylation sites is 1. The summed E-state index contributed by atoms with van der Waals surface area (Å²) in [5.41, 5.74) is 3.55. The molecule has 0 spiro atoms. The summed E-state index contributed by atoms with van der Waals surface area (Å²) in [5.74, 6) is 0. The Balaban J connectivity index is 2.25. The number of benzene rings is 1. The fourth-order valence-electron chi connectivity index (χ4n) is 2.56. The molecule has 1 aromatic carbocycles. The molecule has 0 unspecified atom stereocenters. The number of rotatable bonds is 2. The average molecular weight is 289 g/mol. The van der Waals surface area contributed by atoms with Crippen molar-refractivity contribution in [2.24, 2.45) is 5.14 Å². The van der Waals surface area contributed by atoms with Crippen molar-refractivity contribution in [3.8, 4) is 11.1 Å². The van der Waals surface area contributed by atoms with E-state index in [1.54, 1.807) is 12.1 Å². The van der Waals surface area contributed by atoms with Crippen molar-refractivity contribution in [3.05, 3.63) is 42.1 Å². The van der Waals surface area contributed by atoms with Crippen molar-refractivity contribution in [1.82, 2.24) is 4.98 Å². The van der Waals surface area contributed by atoms with Crippen LogP contribution in [0.2, 0.25) is 0 Å². The maximum absolute atomic E-state index is 11.7. The first-order valence-corrected chi connectivity index (χ1v) is 7.96. The second-order valence-corrected chi connectivity index (χ2v) is 6.25. The lowest BCUT2D eigenvalue weighted by Gasteiger charge is -2.21. The number of sulfonamides is 1. The average Bonchev–Trinajstić information content (AvgIpc) is 2.46. The molecule has 1 aliphatic rings. The Labute approximate surface area is 117 Å². The minimum atomic E-state index is -3.85. The summed E-state index contributed by atoms with van der Waals surface area (Å²) in [6, 6.07) is 9.33. The summed E-state index contributed by atoms with van der Waals surface area (Å²) >= 11 is 0. The Hall–Kier alpha value is -1.92. The number of aromatic nitrogens is 1. The third-order valence-corrected chi connectivity index (χ3v) is 4.27. The van der Waals surface area contributed by atoms with Crippen LogP contribution in [-0.4, -0.2) is 19.9 Å². The van der Waals surface area contributed by atoms with Gasteiger partial charge in [0.05, 0.1) is 0 Å². The van der Waals surface area contributed by atoms with Crippen molar-refractivity contribution in [1.29, 1.82) is 0 Å².